The molecule has 3 heteroatoms. The van der Waals surface area contributed by atoms with Crippen LogP contribution in [0.5, 0.6) is 0 Å². The molecule has 0 atom stereocenters. The first kappa shape index (κ1) is 52.2. The van der Waals surface area contributed by atoms with Crippen molar-refractivity contribution in [2.75, 3.05) is 0 Å². The summed E-state index contributed by atoms with van der Waals surface area (Å²) >= 11 is -0.694. The third-order valence-corrected chi connectivity index (χ3v) is 16.5. The van der Waals surface area contributed by atoms with Crippen LogP contribution in [-0.2, 0) is 0 Å². The molecule has 0 unspecified atom stereocenters. The van der Waals surface area contributed by atoms with Gasteiger partial charge in [0.1, 0.15) is 0 Å². The van der Waals surface area contributed by atoms with Crippen molar-refractivity contribution in [2.45, 2.75) is 163 Å². The third kappa shape index (κ3) is 10.8. The van der Waals surface area contributed by atoms with E-state index in [0.29, 0.717) is 47.3 Å². The van der Waals surface area contributed by atoms with E-state index in [0.717, 1.165) is 16.0 Å². The molecule has 0 aliphatic carbocycles. The SMILES string of the molecule is CC(C)c1cccc(C(C)C)c1-c1cc(-c2cccc(-c3cc(-c4c(C(C)C)cccc4C(C)C)cc(-c4c(C(C)C)cccc4C(C)C)c3)c2S[Se]O)cc(-c2c(C(C)C)cccc2C(C)C)c1. The van der Waals surface area contributed by atoms with Gasteiger partial charge in [-0.1, -0.05) is 0 Å². The van der Waals surface area contributed by atoms with E-state index >= 15 is 0 Å². The van der Waals surface area contributed by atoms with Gasteiger partial charge in [0.05, 0.1) is 0 Å². The Hall–Kier alpha value is -4.63. The second-order valence-electron chi connectivity index (χ2n) is 21.9. The van der Waals surface area contributed by atoms with Crippen LogP contribution >= 0.6 is 10.2 Å². The van der Waals surface area contributed by atoms with Crippen LogP contribution in [0.15, 0.2) is 132 Å². The van der Waals surface area contributed by atoms with Crippen LogP contribution in [0.3, 0.4) is 0 Å². The standard InChI is InChI=1S/C66H78OSSe/c1-38(2)52-22-17-23-53(39(3)4)62(52)48-32-46(33-49(36-48)63-54(40(5)6)24-18-25-55(63)41(7)8)60-30-21-31-61(66(60)68-69-67)47-34-50(64-56(42(9)10)26-19-27-57(64)43(11)12)37-51(35-47)65-58(44(13)14)28-20-29-59(65)45(15)16/h17-45,67H,1-16H3. The Balaban J connectivity index is 1.63. The van der Waals surface area contributed by atoms with E-state index < -0.39 is 14.2 Å². The molecule has 69 heavy (non-hydrogen) atoms. The van der Waals surface area contributed by atoms with Gasteiger partial charge in [-0.25, -0.2) is 0 Å². The Labute approximate surface area is 427 Å². The molecule has 1 nitrogen and oxygen atoms in total. The van der Waals surface area contributed by atoms with Crippen molar-refractivity contribution in [1.82, 2.24) is 0 Å². The molecule has 0 aliphatic rings. The molecular weight excluding hydrogens is 920 g/mol. The summed E-state index contributed by atoms with van der Waals surface area (Å²) in [5.41, 5.74) is 26.1. The average molecular weight is 998 g/mol. The fraction of sp³-hybridized carbons (Fsp3) is 0.364. The van der Waals surface area contributed by atoms with Gasteiger partial charge in [0, 0.05) is 0 Å². The minimum atomic E-state index is -0.694. The van der Waals surface area contributed by atoms with Crippen LogP contribution in [0.2, 0.25) is 0 Å². The molecule has 0 heterocycles. The van der Waals surface area contributed by atoms with Crippen LogP contribution in [-0.4, -0.2) is 18.4 Å². The van der Waals surface area contributed by atoms with Crippen molar-refractivity contribution in [3.63, 3.8) is 0 Å². The molecule has 0 bridgehead atoms. The molecule has 7 aromatic carbocycles. The molecule has 0 aliphatic heterocycles. The van der Waals surface area contributed by atoms with Gasteiger partial charge in [0.15, 0.2) is 0 Å². The molecule has 0 aromatic heterocycles. The van der Waals surface area contributed by atoms with E-state index in [2.05, 4.69) is 238 Å². The number of rotatable bonds is 16. The molecule has 7 aromatic rings. The molecule has 0 spiro atoms. The van der Waals surface area contributed by atoms with E-state index in [1.807, 2.05) is 0 Å². The van der Waals surface area contributed by atoms with E-state index in [1.165, 1.54) is 100 Å². The fourth-order valence-electron chi connectivity index (χ4n) is 10.8. The van der Waals surface area contributed by atoms with Crippen molar-refractivity contribution in [1.29, 1.82) is 0 Å². The van der Waals surface area contributed by atoms with Crippen LogP contribution in [0, 0.1) is 0 Å². The number of hydrogen-bond acceptors (Lipinski definition) is 2. The third-order valence-electron chi connectivity index (χ3n) is 14.3. The van der Waals surface area contributed by atoms with Gasteiger partial charge < -0.3 is 0 Å². The second kappa shape index (κ2) is 22.2. The second-order valence-corrected chi connectivity index (χ2v) is 24.6. The monoisotopic (exact) mass is 998 g/mol. The zero-order chi connectivity index (χ0) is 50.0. The summed E-state index contributed by atoms with van der Waals surface area (Å²) in [6, 6.07) is 49.4. The quantitative estimate of drug-likeness (QED) is 0.0974. The Morgan fingerprint density at radius 1 is 0.290 bits per heavy atom. The predicted octanol–water partition coefficient (Wildman–Crippen LogP) is 20.3. The first-order chi connectivity index (χ1) is 32.8. The zero-order valence-corrected chi connectivity index (χ0v) is 47.0. The molecule has 0 radical (unpaired) electrons. The summed E-state index contributed by atoms with van der Waals surface area (Å²) in [6.07, 6.45) is 0. The van der Waals surface area contributed by atoms with E-state index in [-0.39, 0.29) is 0 Å². The molecular formula is C66H78OSSe. The van der Waals surface area contributed by atoms with Gasteiger partial charge in [-0.15, -0.1) is 0 Å². The predicted molar refractivity (Wildman–Crippen MR) is 306 cm³/mol. The van der Waals surface area contributed by atoms with E-state index in [9.17, 15) is 4.19 Å². The van der Waals surface area contributed by atoms with Gasteiger partial charge in [-0.05, 0) is 0 Å². The van der Waals surface area contributed by atoms with E-state index in [4.69, 9.17) is 0 Å². The average Bonchev–Trinajstić information content (AvgIpc) is 3.32. The fourth-order valence-corrected chi connectivity index (χ4v) is 13.0. The van der Waals surface area contributed by atoms with Crippen molar-refractivity contribution in [3.05, 3.63) is 172 Å². The van der Waals surface area contributed by atoms with Gasteiger partial charge in [0.2, 0.25) is 0 Å². The first-order valence-electron chi connectivity index (χ1n) is 25.8. The van der Waals surface area contributed by atoms with Crippen molar-refractivity contribution >= 4 is 24.3 Å². The summed E-state index contributed by atoms with van der Waals surface area (Å²) in [6.45, 7) is 37.3. The van der Waals surface area contributed by atoms with Gasteiger partial charge in [0.25, 0.3) is 0 Å². The summed E-state index contributed by atoms with van der Waals surface area (Å²) in [4.78, 5) is 1.12. The zero-order valence-electron chi connectivity index (χ0n) is 44.5. The van der Waals surface area contributed by atoms with E-state index in [1.54, 1.807) is 10.2 Å². The Bertz CT molecular complexity index is 2460. The van der Waals surface area contributed by atoms with Gasteiger partial charge in [-0.2, -0.15) is 0 Å². The molecule has 360 valence electrons. The minimum absolute atomic E-state index is 0.349. The molecule has 7 rings (SSSR count). The molecule has 0 saturated carbocycles. The number of benzene rings is 7. The molecule has 1 N–H and O–H groups in total. The maximum atomic E-state index is 11.2. The Kier molecular flexibility index (Phi) is 16.8. The van der Waals surface area contributed by atoms with Crippen LogP contribution in [0.25, 0.3) is 66.8 Å². The van der Waals surface area contributed by atoms with Crippen molar-refractivity contribution < 1.29 is 4.19 Å². The summed E-state index contributed by atoms with van der Waals surface area (Å²) in [5.74, 6) is 2.79. The van der Waals surface area contributed by atoms with Crippen LogP contribution in [0.4, 0.5) is 0 Å². The normalized spacial score (nSPS) is 12.1. The molecule has 0 saturated heterocycles. The van der Waals surface area contributed by atoms with Crippen molar-refractivity contribution in [2.24, 2.45) is 0 Å². The summed E-state index contributed by atoms with van der Waals surface area (Å²) in [7, 11) is 1.61. The molecule has 0 amide bonds. The van der Waals surface area contributed by atoms with Crippen molar-refractivity contribution in [3.8, 4) is 66.8 Å². The van der Waals surface area contributed by atoms with Gasteiger partial charge >= 0.3 is 430 Å². The molecule has 0 fully saturated rings. The first-order valence-corrected chi connectivity index (χ1v) is 29.4. The topological polar surface area (TPSA) is 20.2 Å². The van der Waals surface area contributed by atoms with Crippen LogP contribution in [0.1, 0.15) is 203 Å². The summed E-state index contributed by atoms with van der Waals surface area (Å²) < 4.78 is 11.2. The van der Waals surface area contributed by atoms with Crippen LogP contribution < -0.4 is 0 Å². The number of hydrogen-bond donors (Lipinski definition) is 1. The van der Waals surface area contributed by atoms with Gasteiger partial charge in [-0.3, -0.25) is 0 Å². The Morgan fingerprint density at radius 3 is 0.667 bits per heavy atom. The summed E-state index contributed by atoms with van der Waals surface area (Å²) in [5, 5.41) is 0. The Morgan fingerprint density at radius 2 is 0.478 bits per heavy atom. The maximum absolute atomic E-state index is 11.2.